The number of fused-ring (bicyclic) bond motifs is 3. The number of carbonyl (C=O) groups excluding carboxylic acids is 2. The van der Waals surface area contributed by atoms with Crippen LogP contribution in [0.2, 0.25) is 0 Å². The Labute approximate surface area is 200 Å². The van der Waals surface area contributed by atoms with Crippen molar-refractivity contribution in [1.29, 1.82) is 0 Å². The Hall–Kier alpha value is -2.46. The number of carbonyl (C=O) groups is 2. The van der Waals surface area contributed by atoms with Crippen LogP contribution in [0.25, 0.3) is 0 Å². The van der Waals surface area contributed by atoms with Gasteiger partial charge in [-0.2, -0.15) is 0 Å². The molecule has 0 spiro atoms. The van der Waals surface area contributed by atoms with Crippen molar-refractivity contribution >= 4 is 11.8 Å². The predicted octanol–water partition coefficient (Wildman–Crippen LogP) is 0.989. The first kappa shape index (κ1) is 26.2. The second-order valence-electron chi connectivity index (χ2n) is 8.78. The van der Waals surface area contributed by atoms with Gasteiger partial charge in [-0.25, -0.2) is 0 Å². The van der Waals surface area contributed by atoms with Gasteiger partial charge in [0.1, 0.15) is 18.0 Å². The van der Waals surface area contributed by atoms with E-state index in [0.717, 1.165) is 5.56 Å². The molecule has 0 saturated carbocycles. The first-order valence-electron chi connectivity index (χ1n) is 11.8. The molecule has 1 aromatic rings. The highest BCUT2D eigenvalue weighted by molar-refractivity contribution is 5.96. The third kappa shape index (κ3) is 5.96. The molecule has 2 aliphatic rings. The molecule has 0 bridgehead atoms. The summed E-state index contributed by atoms with van der Waals surface area (Å²) in [7, 11) is 1.53. The Balaban J connectivity index is 1.93. The maximum absolute atomic E-state index is 13.1. The van der Waals surface area contributed by atoms with E-state index in [4.69, 9.17) is 14.2 Å². The molecule has 3 rings (SSSR count). The third-order valence-electron chi connectivity index (χ3n) is 6.07. The van der Waals surface area contributed by atoms with E-state index in [1.807, 2.05) is 38.1 Å². The number of nitrogens with zero attached hydrogens (tertiary/aromatic N) is 1. The molecule has 1 heterocycles. The minimum atomic E-state index is -1.04. The van der Waals surface area contributed by atoms with Crippen LogP contribution in [0.4, 0.5) is 0 Å². The van der Waals surface area contributed by atoms with Gasteiger partial charge < -0.3 is 34.6 Å². The molecule has 0 radical (unpaired) electrons. The van der Waals surface area contributed by atoms with Gasteiger partial charge in [-0.1, -0.05) is 18.2 Å². The number of aliphatic hydroxyl groups excluding tert-OH is 2. The molecule has 0 aromatic heterocycles. The number of benzene rings is 1. The van der Waals surface area contributed by atoms with Crippen molar-refractivity contribution in [2.75, 3.05) is 40.0 Å². The summed E-state index contributed by atoms with van der Waals surface area (Å²) in [5.41, 5.74) is 1.24. The standard InChI is InChI=1S/C25H36N2O7/c1-16(2)33-13-6-11-27(21(29)9-14-32-3)19-15-18(25(31)26-10-12-28)22-17-7-4-5-8-20(17)34-24(22)23(19)30/h4-5,7-8,15-16,19,22-24,28,30H,6,9-14H2,1-3H3,(H,26,31). The first-order chi connectivity index (χ1) is 16.4. The molecule has 34 heavy (non-hydrogen) atoms. The Morgan fingerprint density at radius 3 is 2.71 bits per heavy atom. The van der Waals surface area contributed by atoms with Crippen molar-refractivity contribution < 1.29 is 34.0 Å². The molecule has 4 atom stereocenters. The molecular weight excluding hydrogens is 440 g/mol. The highest BCUT2D eigenvalue weighted by Crippen LogP contribution is 2.47. The summed E-state index contributed by atoms with van der Waals surface area (Å²) in [6.07, 6.45) is 0.731. The van der Waals surface area contributed by atoms with Crippen LogP contribution >= 0.6 is 0 Å². The van der Waals surface area contributed by atoms with Gasteiger partial charge in [-0.15, -0.1) is 0 Å². The lowest BCUT2D eigenvalue weighted by Gasteiger charge is -2.40. The SMILES string of the molecule is COCCC(=O)N(CCCOC(C)C)C1C=C(C(=O)NCCO)C2c3ccccc3OC2C1O. The summed E-state index contributed by atoms with van der Waals surface area (Å²) >= 11 is 0. The second-order valence-corrected chi connectivity index (χ2v) is 8.78. The van der Waals surface area contributed by atoms with Gasteiger partial charge >= 0.3 is 0 Å². The minimum absolute atomic E-state index is 0.0748. The molecule has 0 saturated heterocycles. The van der Waals surface area contributed by atoms with Gasteiger partial charge in [0.05, 0.1) is 37.7 Å². The smallest absolute Gasteiger partial charge is 0.247 e. The number of para-hydroxylation sites is 1. The Morgan fingerprint density at radius 2 is 2.00 bits per heavy atom. The van der Waals surface area contributed by atoms with Gasteiger partial charge in [-0.3, -0.25) is 9.59 Å². The van der Waals surface area contributed by atoms with Crippen LogP contribution in [0, 0.1) is 0 Å². The number of amides is 2. The molecule has 1 aliphatic heterocycles. The van der Waals surface area contributed by atoms with E-state index < -0.39 is 24.2 Å². The van der Waals surface area contributed by atoms with Crippen molar-refractivity contribution in [3.63, 3.8) is 0 Å². The second kappa shape index (κ2) is 12.3. The molecule has 1 aromatic carbocycles. The highest BCUT2D eigenvalue weighted by Gasteiger charge is 2.50. The Morgan fingerprint density at radius 1 is 1.24 bits per heavy atom. The molecule has 9 nitrogen and oxygen atoms in total. The molecule has 188 valence electrons. The van der Waals surface area contributed by atoms with Crippen LogP contribution in [0.1, 0.15) is 38.2 Å². The van der Waals surface area contributed by atoms with Crippen LogP contribution in [0.5, 0.6) is 5.75 Å². The topological polar surface area (TPSA) is 118 Å². The lowest BCUT2D eigenvalue weighted by Crippen LogP contribution is -2.56. The predicted molar refractivity (Wildman–Crippen MR) is 125 cm³/mol. The van der Waals surface area contributed by atoms with Crippen molar-refractivity contribution in [2.24, 2.45) is 0 Å². The number of hydrogen-bond donors (Lipinski definition) is 3. The molecule has 9 heteroatoms. The van der Waals surface area contributed by atoms with Crippen molar-refractivity contribution in [3.05, 3.63) is 41.5 Å². The quantitative estimate of drug-likeness (QED) is 0.385. The minimum Gasteiger partial charge on any atom is -0.486 e. The van der Waals surface area contributed by atoms with Crippen molar-refractivity contribution in [3.8, 4) is 5.75 Å². The van der Waals surface area contributed by atoms with E-state index in [0.29, 0.717) is 30.9 Å². The van der Waals surface area contributed by atoms with Crippen LogP contribution in [0.15, 0.2) is 35.9 Å². The number of methoxy groups -OCH3 is 1. The van der Waals surface area contributed by atoms with E-state index in [1.165, 1.54) is 7.11 Å². The summed E-state index contributed by atoms with van der Waals surface area (Å²) < 4.78 is 16.8. The number of aliphatic hydroxyl groups is 2. The van der Waals surface area contributed by atoms with Crippen LogP contribution < -0.4 is 10.1 Å². The van der Waals surface area contributed by atoms with E-state index in [2.05, 4.69) is 5.32 Å². The maximum Gasteiger partial charge on any atom is 0.247 e. The van der Waals surface area contributed by atoms with E-state index in [9.17, 15) is 19.8 Å². The largest absolute Gasteiger partial charge is 0.486 e. The van der Waals surface area contributed by atoms with Gasteiger partial charge in [-0.05, 0) is 32.4 Å². The fourth-order valence-corrected chi connectivity index (χ4v) is 4.52. The van der Waals surface area contributed by atoms with Crippen LogP contribution in [0.3, 0.4) is 0 Å². The fourth-order valence-electron chi connectivity index (χ4n) is 4.52. The zero-order valence-corrected chi connectivity index (χ0v) is 20.1. The molecule has 4 unspecified atom stereocenters. The average molecular weight is 477 g/mol. The van der Waals surface area contributed by atoms with Crippen molar-refractivity contribution in [2.45, 2.75) is 57.0 Å². The third-order valence-corrected chi connectivity index (χ3v) is 6.07. The van der Waals surface area contributed by atoms with Crippen LogP contribution in [-0.4, -0.2) is 91.3 Å². The first-order valence-corrected chi connectivity index (χ1v) is 11.8. The average Bonchev–Trinajstić information content (AvgIpc) is 3.22. The highest BCUT2D eigenvalue weighted by atomic mass is 16.5. The molecular formula is C25H36N2O7. The van der Waals surface area contributed by atoms with Crippen LogP contribution in [-0.2, 0) is 19.1 Å². The van der Waals surface area contributed by atoms with Gasteiger partial charge in [0.2, 0.25) is 11.8 Å². The monoisotopic (exact) mass is 476 g/mol. The zero-order chi connectivity index (χ0) is 24.7. The number of ether oxygens (including phenoxy) is 3. The molecule has 3 N–H and O–H groups in total. The Kier molecular flexibility index (Phi) is 9.46. The molecule has 0 fully saturated rings. The number of nitrogens with one attached hydrogen (secondary N) is 1. The number of rotatable bonds is 12. The summed E-state index contributed by atoms with van der Waals surface area (Å²) in [6.45, 7) is 4.88. The zero-order valence-electron chi connectivity index (χ0n) is 20.1. The summed E-state index contributed by atoms with van der Waals surface area (Å²) in [5, 5.41) is 23.3. The summed E-state index contributed by atoms with van der Waals surface area (Å²) in [5.74, 6) is -0.397. The van der Waals surface area contributed by atoms with Gasteiger partial charge in [0.25, 0.3) is 0 Å². The molecule has 1 aliphatic carbocycles. The van der Waals surface area contributed by atoms with E-state index >= 15 is 0 Å². The Bertz CT molecular complexity index is 873. The molecule has 2 amide bonds. The van der Waals surface area contributed by atoms with Gasteiger partial charge in [0.15, 0.2) is 0 Å². The summed E-state index contributed by atoms with van der Waals surface area (Å²) in [6, 6.07) is 6.63. The van der Waals surface area contributed by atoms with Gasteiger partial charge in [0, 0.05) is 37.9 Å². The number of hydrogen-bond acceptors (Lipinski definition) is 7. The fraction of sp³-hybridized carbons (Fsp3) is 0.600. The van der Waals surface area contributed by atoms with E-state index in [-0.39, 0.29) is 44.1 Å². The summed E-state index contributed by atoms with van der Waals surface area (Å²) in [4.78, 5) is 27.8. The van der Waals surface area contributed by atoms with Crippen molar-refractivity contribution in [1.82, 2.24) is 10.2 Å². The maximum atomic E-state index is 13.1. The van der Waals surface area contributed by atoms with E-state index in [1.54, 1.807) is 11.0 Å². The lowest BCUT2D eigenvalue weighted by atomic mass is 9.77. The normalized spacial score (nSPS) is 23.1. The lowest BCUT2D eigenvalue weighted by molar-refractivity contribution is -0.138.